The summed E-state index contributed by atoms with van der Waals surface area (Å²) in [6.07, 6.45) is 6.86. The van der Waals surface area contributed by atoms with E-state index in [0.717, 1.165) is 19.6 Å². The molecule has 1 fully saturated rings. The summed E-state index contributed by atoms with van der Waals surface area (Å²) >= 11 is 0. The largest absolute Gasteiger partial charge is 0.317 e. The molecular weight excluding hydrogens is 316 g/mol. The average molecular weight is 349 g/mol. The van der Waals surface area contributed by atoms with Crippen LogP contribution in [0.1, 0.15) is 55.9 Å². The number of rotatable bonds is 5. The van der Waals surface area contributed by atoms with Crippen LogP contribution in [0.5, 0.6) is 0 Å². The molecular formula is C24H32N2. The summed E-state index contributed by atoms with van der Waals surface area (Å²) in [4.78, 5) is 0. The van der Waals surface area contributed by atoms with Gasteiger partial charge < -0.3 is 10.6 Å². The first-order valence-electron chi connectivity index (χ1n) is 9.82. The maximum atomic E-state index is 3.70. The van der Waals surface area contributed by atoms with Gasteiger partial charge in [0.1, 0.15) is 0 Å². The molecule has 26 heavy (non-hydrogen) atoms. The van der Waals surface area contributed by atoms with Gasteiger partial charge in [-0.05, 0) is 53.6 Å². The van der Waals surface area contributed by atoms with Crippen LogP contribution in [0.4, 0.5) is 0 Å². The van der Waals surface area contributed by atoms with Gasteiger partial charge in [0.2, 0.25) is 0 Å². The van der Waals surface area contributed by atoms with Crippen molar-refractivity contribution in [2.75, 3.05) is 13.1 Å². The highest BCUT2D eigenvalue weighted by Gasteiger charge is 2.13. The second-order valence-electron chi connectivity index (χ2n) is 8.36. The zero-order chi connectivity index (χ0) is 18.4. The Hall–Kier alpha value is -1.90. The summed E-state index contributed by atoms with van der Waals surface area (Å²) in [5.74, 6) is 0. The number of piperidine rings is 1. The van der Waals surface area contributed by atoms with Crippen molar-refractivity contribution in [3.63, 3.8) is 0 Å². The second kappa shape index (κ2) is 8.66. The zero-order valence-corrected chi connectivity index (χ0v) is 16.4. The van der Waals surface area contributed by atoms with Gasteiger partial charge in [-0.15, -0.1) is 0 Å². The highest BCUT2D eigenvalue weighted by atomic mass is 15.0. The fraction of sp³-hybridized carbons (Fsp3) is 0.417. The lowest BCUT2D eigenvalue weighted by Gasteiger charge is -2.23. The summed E-state index contributed by atoms with van der Waals surface area (Å²) in [5.41, 5.74) is 5.44. The summed E-state index contributed by atoms with van der Waals surface area (Å²) in [7, 11) is 0. The molecule has 2 N–H and O–H groups in total. The van der Waals surface area contributed by atoms with Crippen LogP contribution in [-0.4, -0.2) is 19.1 Å². The molecule has 1 aliphatic heterocycles. The minimum absolute atomic E-state index is 0.206. The molecule has 0 spiro atoms. The molecule has 3 rings (SSSR count). The van der Waals surface area contributed by atoms with Crippen molar-refractivity contribution in [1.29, 1.82) is 0 Å². The summed E-state index contributed by atoms with van der Waals surface area (Å²) in [5, 5.41) is 7.11. The minimum Gasteiger partial charge on any atom is -0.317 e. The summed E-state index contributed by atoms with van der Waals surface area (Å²) in [6, 6.07) is 18.4. The van der Waals surface area contributed by atoms with E-state index < -0.39 is 0 Å². The van der Waals surface area contributed by atoms with E-state index in [1.165, 1.54) is 35.1 Å². The maximum absolute atomic E-state index is 3.70. The Labute approximate surface area is 158 Å². The first-order chi connectivity index (χ1) is 12.5. The van der Waals surface area contributed by atoms with E-state index in [-0.39, 0.29) is 5.41 Å². The molecule has 0 amide bonds. The van der Waals surface area contributed by atoms with Crippen LogP contribution in [0, 0.1) is 0 Å². The zero-order valence-electron chi connectivity index (χ0n) is 16.4. The van der Waals surface area contributed by atoms with Crippen LogP contribution in [0.2, 0.25) is 0 Å². The van der Waals surface area contributed by atoms with E-state index in [9.17, 15) is 0 Å². The third-order valence-electron chi connectivity index (χ3n) is 5.13. The van der Waals surface area contributed by atoms with Gasteiger partial charge in [-0.2, -0.15) is 0 Å². The maximum Gasteiger partial charge on any atom is 0.0208 e. The molecule has 2 nitrogen and oxygen atoms in total. The van der Waals surface area contributed by atoms with Gasteiger partial charge in [0.05, 0.1) is 0 Å². The van der Waals surface area contributed by atoms with E-state index in [1.54, 1.807) is 0 Å². The molecule has 138 valence electrons. The van der Waals surface area contributed by atoms with Gasteiger partial charge in [-0.25, -0.2) is 0 Å². The van der Waals surface area contributed by atoms with Crippen LogP contribution in [-0.2, 0) is 12.0 Å². The topological polar surface area (TPSA) is 24.1 Å². The van der Waals surface area contributed by atoms with Crippen molar-refractivity contribution >= 4 is 12.2 Å². The normalized spacial score (nSPS) is 16.3. The van der Waals surface area contributed by atoms with Crippen molar-refractivity contribution in [1.82, 2.24) is 10.6 Å². The van der Waals surface area contributed by atoms with Crippen molar-refractivity contribution in [3.8, 4) is 0 Å². The molecule has 0 unspecified atom stereocenters. The number of nitrogens with one attached hydrogen (secondary N) is 2. The van der Waals surface area contributed by atoms with Crippen LogP contribution in [0.25, 0.3) is 12.2 Å². The van der Waals surface area contributed by atoms with Crippen LogP contribution in [0.3, 0.4) is 0 Å². The Morgan fingerprint density at radius 1 is 0.962 bits per heavy atom. The smallest absolute Gasteiger partial charge is 0.0208 e. The first kappa shape index (κ1) is 18.9. The molecule has 0 aliphatic carbocycles. The standard InChI is InChI=1S/C24H32N2/c1-24(2,3)22-11-9-19(10-12-22)7-8-20-5-4-6-21(17-20)18-26-23-13-15-25-16-14-23/h4-12,17,23,25-26H,13-16,18H2,1-3H3/b8-7+. The summed E-state index contributed by atoms with van der Waals surface area (Å²) < 4.78 is 0. The third-order valence-corrected chi connectivity index (χ3v) is 5.13. The van der Waals surface area contributed by atoms with Gasteiger partial charge in [-0.1, -0.05) is 81.5 Å². The van der Waals surface area contributed by atoms with E-state index in [1.807, 2.05) is 0 Å². The van der Waals surface area contributed by atoms with Gasteiger partial charge in [0, 0.05) is 12.6 Å². The average Bonchev–Trinajstić information content (AvgIpc) is 2.66. The molecule has 0 saturated carbocycles. The number of hydrogen-bond donors (Lipinski definition) is 2. The fourth-order valence-corrected chi connectivity index (χ4v) is 3.38. The van der Waals surface area contributed by atoms with Crippen molar-refractivity contribution in [2.24, 2.45) is 0 Å². The van der Waals surface area contributed by atoms with Crippen molar-refractivity contribution in [2.45, 2.75) is 51.6 Å². The van der Waals surface area contributed by atoms with Crippen LogP contribution >= 0.6 is 0 Å². The molecule has 0 atom stereocenters. The van der Waals surface area contributed by atoms with Crippen molar-refractivity contribution < 1.29 is 0 Å². The predicted molar refractivity (Wildman–Crippen MR) is 113 cm³/mol. The van der Waals surface area contributed by atoms with Gasteiger partial charge >= 0.3 is 0 Å². The van der Waals surface area contributed by atoms with Gasteiger partial charge in [0.15, 0.2) is 0 Å². The molecule has 1 saturated heterocycles. The van der Waals surface area contributed by atoms with Crippen LogP contribution in [0.15, 0.2) is 48.5 Å². The minimum atomic E-state index is 0.206. The van der Waals surface area contributed by atoms with E-state index in [0.29, 0.717) is 6.04 Å². The van der Waals surface area contributed by atoms with Crippen molar-refractivity contribution in [3.05, 3.63) is 70.8 Å². The van der Waals surface area contributed by atoms with E-state index >= 15 is 0 Å². The number of hydrogen-bond acceptors (Lipinski definition) is 2. The Bertz CT molecular complexity index is 717. The Balaban J connectivity index is 1.59. The third kappa shape index (κ3) is 5.55. The highest BCUT2D eigenvalue weighted by molar-refractivity contribution is 5.70. The lowest BCUT2D eigenvalue weighted by atomic mass is 9.87. The van der Waals surface area contributed by atoms with Crippen LogP contribution < -0.4 is 10.6 Å². The lowest BCUT2D eigenvalue weighted by molar-refractivity contribution is 0.386. The summed E-state index contributed by atoms with van der Waals surface area (Å²) in [6.45, 7) is 9.97. The molecule has 2 aromatic rings. The quantitative estimate of drug-likeness (QED) is 0.743. The van der Waals surface area contributed by atoms with E-state index in [2.05, 4.69) is 92.1 Å². The van der Waals surface area contributed by atoms with Gasteiger partial charge in [-0.3, -0.25) is 0 Å². The fourth-order valence-electron chi connectivity index (χ4n) is 3.38. The first-order valence-corrected chi connectivity index (χ1v) is 9.82. The Morgan fingerprint density at radius 3 is 2.35 bits per heavy atom. The van der Waals surface area contributed by atoms with E-state index in [4.69, 9.17) is 0 Å². The molecule has 0 aromatic heterocycles. The molecule has 0 bridgehead atoms. The Morgan fingerprint density at radius 2 is 1.65 bits per heavy atom. The monoisotopic (exact) mass is 348 g/mol. The molecule has 2 aromatic carbocycles. The molecule has 0 radical (unpaired) electrons. The predicted octanol–water partition coefficient (Wildman–Crippen LogP) is 5.00. The lowest BCUT2D eigenvalue weighted by Crippen LogP contribution is -2.39. The van der Waals surface area contributed by atoms with Gasteiger partial charge in [0.25, 0.3) is 0 Å². The molecule has 1 heterocycles. The second-order valence-corrected chi connectivity index (χ2v) is 8.36. The number of benzene rings is 2. The SMILES string of the molecule is CC(C)(C)c1ccc(/C=C/c2cccc(CNC3CCNCC3)c2)cc1. The molecule has 2 heteroatoms. The molecule has 1 aliphatic rings. The highest BCUT2D eigenvalue weighted by Crippen LogP contribution is 2.22. The Kier molecular flexibility index (Phi) is 6.29.